The predicted octanol–water partition coefficient (Wildman–Crippen LogP) is 7.32. The highest BCUT2D eigenvalue weighted by atomic mass is 28.3. The van der Waals surface area contributed by atoms with Crippen LogP contribution >= 0.6 is 0 Å². The molecular formula is C40H26N2O2Si. The summed E-state index contributed by atoms with van der Waals surface area (Å²) >= 11 is 0. The zero-order chi connectivity index (χ0) is 29.8. The lowest BCUT2D eigenvalue weighted by Crippen LogP contribution is -2.74. The van der Waals surface area contributed by atoms with Crippen molar-refractivity contribution in [1.29, 1.82) is 0 Å². The van der Waals surface area contributed by atoms with E-state index in [9.17, 15) is 0 Å². The Labute approximate surface area is 260 Å². The van der Waals surface area contributed by atoms with Crippen LogP contribution < -0.4 is 20.7 Å². The monoisotopic (exact) mass is 594 g/mol. The third-order valence-corrected chi connectivity index (χ3v) is 13.8. The summed E-state index contributed by atoms with van der Waals surface area (Å²) in [5.41, 5.74) is 6.28. The van der Waals surface area contributed by atoms with Crippen LogP contribution in [-0.4, -0.2) is 18.0 Å². The number of benzene rings is 6. The van der Waals surface area contributed by atoms with Gasteiger partial charge in [0.1, 0.15) is 28.6 Å². The van der Waals surface area contributed by atoms with Crippen molar-refractivity contribution in [1.82, 2.24) is 9.97 Å². The van der Waals surface area contributed by atoms with Gasteiger partial charge >= 0.3 is 0 Å². The molecule has 0 aliphatic carbocycles. The van der Waals surface area contributed by atoms with Crippen molar-refractivity contribution in [2.24, 2.45) is 0 Å². The Balaban J connectivity index is 1.28. The number of fused-ring (bicyclic) bond motifs is 6. The van der Waals surface area contributed by atoms with Gasteiger partial charge in [0.05, 0.1) is 6.20 Å². The maximum Gasteiger partial charge on any atom is 0.179 e. The van der Waals surface area contributed by atoms with Gasteiger partial charge < -0.3 is 8.83 Å². The van der Waals surface area contributed by atoms with Crippen molar-refractivity contribution in [2.75, 3.05) is 0 Å². The van der Waals surface area contributed by atoms with Crippen LogP contribution in [0.3, 0.4) is 0 Å². The van der Waals surface area contributed by atoms with Crippen molar-refractivity contribution >= 4 is 72.8 Å². The summed E-state index contributed by atoms with van der Waals surface area (Å²) < 4.78 is 12.4. The molecule has 9 rings (SSSR count). The van der Waals surface area contributed by atoms with E-state index >= 15 is 0 Å². The summed E-state index contributed by atoms with van der Waals surface area (Å²) in [5, 5.41) is 8.55. The van der Waals surface area contributed by atoms with Gasteiger partial charge in [0, 0.05) is 16.2 Å². The van der Waals surface area contributed by atoms with E-state index in [1.807, 2.05) is 6.07 Å². The zero-order valence-electron chi connectivity index (χ0n) is 24.2. The molecule has 5 heteroatoms. The third kappa shape index (κ3) is 3.98. The molecule has 0 saturated carbocycles. The molecule has 0 bridgehead atoms. The molecule has 0 spiro atoms. The van der Waals surface area contributed by atoms with Crippen molar-refractivity contribution in [3.05, 3.63) is 158 Å². The van der Waals surface area contributed by atoms with Crippen LogP contribution in [0.5, 0.6) is 0 Å². The molecule has 0 saturated heterocycles. The highest BCUT2D eigenvalue weighted by Gasteiger charge is 2.41. The summed E-state index contributed by atoms with van der Waals surface area (Å²) in [6.07, 6.45) is 3.28. The minimum Gasteiger partial charge on any atom is -0.456 e. The van der Waals surface area contributed by atoms with Crippen molar-refractivity contribution in [3.8, 4) is 11.1 Å². The molecule has 3 heterocycles. The molecule has 45 heavy (non-hydrogen) atoms. The lowest BCUT2D eigenvalue weighted by atomic mass is 10.0. The van der Waals surface area contributed by atoms with Gasteiger partial charge in [0.25, 0.3) is 0 Å². The van der Waals surface area contributed by atoms with Gasteiger partial charge in [-0.15, -0.1) is 0 Å². The molecule has 212 valence electrons. The highest BCUT2D eigenvalue weighted by molar-refractivity contribution is 7.20. The minimum atomic E-state index is -2.67. The Morgan fingerprint density at radius 3 is 1.51 bits per heavy atom. The fourth-order valence-electron chi connectivity index (χ4n) is 6.95. The minimum absolute atomic E-state index is 0.691. The molecule has 3 aromatic heterocycles. The number of nitrogens with zero attached hydrogens (tertiary/aromatic N) is 2. The number of hydrogen-bond acceptors (Lipinski definition) is 4. The van der Waals surface area contributed by atoms with Gasteiger partial charge in [-0.3, -0.25) is 0 Å². The Morgan fingerprint density at radius 2 is 0.911 bits per heavy atom. The predicted molar refractivity (Wildman–Crippen MR) is 186 cm³/mol. The standard InChI is InChI=1S/C40H26N2O2Si/c1-4-10-29(11-5-1)45(30-12-6-2-7-13-30,31-14-8-3-9-15-31)32-18-21-37-34(24-32)33-22-27(16-19-36(33)43-37)28-17-20-38-35(23-28)40-39(44-38)25-41-26-42-40/h1-26H. The van der Waals surface area contributed by atoms with Crippen LogP contribution in [0.25, 0.3) is 55.1 Å². The van der Waals surface area contributed by atoms with Crippen LogP contribution in [-0.2, 0) is 0 Å². The van der Waals surface area contributed by atoms with E-state index < -0.39 is 8.07 Å². The molecule has 0 atom stereocenters. The molecule has 6 aromatic carbocycles. The molecule has 0 N–H and O–H groups in total. The number of aromatic nitrogens is 2. The first-order valence-electron chi connectivity index (χ1n) is 15.0. The fraction of sp³-hybridized carbons (Fsp3) is 0. The zero-order valence-corrected chi connectivity index (χ0v) is 25.2. The second-order valence-corrected chi connectivity index (χ2v) is 15.2. The van der Waals surface area contributed by atoms with E-state index in [4.69, 9.17) is 8.83 Å². The molecule has 0 aliphatic heterocycles. The van der Waals surface area contributed by atoms with Crippen molar-refractivity contribution in [2.45, 2.75) is 0 Å². The Kier molecular flexibility index (Phi) is 5.79. The quantitative estimate of drug-likeness (QED) is 0.155. The first-order chi connectivity index (χ1) is 22.3. The molecule has 4 nitrogen and oxygen atoms in total. The summed E-state index contributed by atoms with van der Waals surface area (Å²) in [4.78, 5) is 8.59. The van der Waals surface area contributed by atoms with Gasteiger partial charge in [-0.25, -0.2) is 9.97 Å². The van der Waals surface area contributed by atoms with Crippen molar-refractivity contribution < 1.29 is 8.83 Å². The summed E-state index contributed by atoms with van der Waals surface area (Å²) in [5.74, 6) is 0. The third-order valence-electron chi connectivity index (χ3n) is 8.99. The largest absolute Gasteiger partial charge is 0.456 e. The smallest absolute Gasteiger partial charge is 0.179 e. The first kappa shape index (κ1) is 25.7. The second kappa shape index (κ2) is 10.1. The van der Waals surface area contributed by atoms with Crippen LogP contribution in [0.4, 0.5) is 0 Å². The fourth-order valence-corrected chi connectivity index (χ4v) is 11.7. The molecule has 9 aromatic rings. The van der Waals surface area contributed by atoms with E-state index in [1.165, 1.54) is 20.7 Å². The van der Waals surface area contributed by atoms with Gasteiger partial charge in [-0.2, -0.15) is 0 Å². The first-order valence-corrected chi connectivity index (χ1v) is 17.0. The second-order valence-electron chi connectivity index (χ2n) is 11.4. The van der Waals surface area contributed by atoms with Crippen LogP contribution in [0.15, 0.2) is 167 Å². The molecular weight excluding hydrogens is 569 g/mol. The van der Waals surface area contributed by atoms with E-state index in [2.05, 4.69) is 149 Å². The maximum atomic E-state index is 6.43. The van der Waals surface area contributed by atoms with Gasteiger partial charge in [0.2, 0.25) is 0 Å². The van der Waals surface area contributed by atoms with Gasteiger partial charge in [-0.05, 0) is 62.2 Å². The summed E-state index contributed by atoms with van der Waals surface area (Å²) in [6, 6.07) is 52.6. The average molecular weight is 595 g/mol. The van der Waals surface area contributed by atoms with Crippen LogP contribution in [0, 0.1) is 0 Å². The van der Waals surface area contributed by atoms with E-state index in [-0.39, 0.29) is 0 Å². The lowest BCUT2D eigenvalue weighted by Gasteiger charge is -2.34. The Bertz CT molecular complexity index is 2390. The Morgan fingerprint density at radius 1 is 0.422 bits per heavy atom. The summed E-state index contributed by atoms with van der Waals surface area (Å²) in [7, 11) is -2.67. The van der Waals surface area contributed by atoms with Gasteiger partial charge in [-0.1, -0.05) is 115 Å². The van der Waals surface area contributed by atoms with Gasteiger partial charge in [0.15, 0.2) is 13.7 Å². The number of rotatable bonds is 5. The summed E-state index contributed by atoms with van der Waals surface area (Å²) in [6.45, 7) is 0. The molecule has 0 aliphatic rings. The van der Waals surface area contributed by atoms with E-state index in [1.54, 1.807) is 12.5 Å². The van der Waals surface area contributed by atoms with E-state index in [0.29, 0.717) is 5.58 Å². The SMILES string of the molecule is c1ccc([Si](c2ccccc2)(c2ccccc2)c2ccc3oc4ccc(-c5ccc6oc7cncnc7c6c5)cc4c3c2)cc1. The van der Waals surface area contributed by atoms with E-state index in [0.717, 1.165) is 49.6 Å². The highest BCUT2D eigenvalue weighted by Crippen LogP contribution is 2.35. The molecule has 0 amide bonds. The normalized spacial score (nSPS) is 12.0. The van der Waals surface area contributed by atoms with Crippen LogP contribution in [0.2, 0.25) is 0 Å². The average Bonchev–Trinajstić information content (AvgIpc) is 3.67. The molecule has 0 radical (unpaired) electrons. The van der Waals surface area contributed by atoms with Crippen LogP contribution in [0.1, 0.15) is 0 Å². The molecule has 0 fully saturated rings. The van der Waals surface area contributed by atoms with Crippen molar-refractivity contribution in [3.63, 3.8) is 0 Å². The maximum absolute atomic E-state index is 6.43. The topological polar surface area (TPSA) is 52.1 Å². The molecule has 0 unspecified atom stereocenters. The lowest BCUT2D eigenvalue weighted by molar-refractivity contribution is 0.665. The Hall–Kier alpha value is -5.78. The number of hydrogen-bond donors (Lipinski definition) is 0. The number of furan rings is 2.